The molecule has 1 aromatic carbocycles. The molecule has 29 heavy (non-hydrogen) atoms. The third-order valence-electron chi connectivity index (χ3n) is 5.54. The highest BCUT2D eigenvalue weighted by Gasteiger charge is 2.19. The number of aromatic nitrogens is 2. The maximum absolute atomic E-state index is 5.39. The Bertz CT molecular complexity index is 792. The summed E-state index contributed by atoms with van der Waals surface area (Å²) < 4.78 is 5.39. The number of ether oxygens (including phenoxy) is 1. The summed E-state index contributed by atoms with van der Waals surface area (Å²) in [4.78, 5) is 14.3. The molecule has 7 heteroatoms. The number of methoxy groups -OCH3 is 1. The predicted octanol–water partition coefficient (Wildman–Crippen LogP) is 3.91. The molecule has 0 spiro atoms. The second kappa shape index (κ2) is 9.58. The molecule has 2 aromatic rings. The molecule has 2 aliphatic rings. The topological polar surface area (TPSA) is 65.9 Å². The van der Waals surface area contributed by atoms with Gasteiger partial charge in [0.1, 0.15) is 11.6 Å². The second-order valence-corrected chi connectivity index (χ2v) is 7.62. The van der Waals surface area contributed by atoms with Gasteiger partial charge in [-0.3, -0.25) is 5.43 Å². The summed E-state index contributed by atoms with van der Waals surface area (Å²) in [6, 6.07) is 9.83. The van der Waals surface area contributed by atoms with Crippen molar-refractivity contribution in [3.63, 3.8) is 0 Å². The van der Waals surface area contributed by atoms with Crippen molar-refractivity contribution in [2.24, 2.45) is 5.10 Å². The fraction of sp³-hybridized carbons (Fsp3) is 0.500. The van der Waals surface area contributed by atoms with E-state index in [-0.39, 0.29) is 0 Å². The largest absolute Gasteiger partial charge is 0.496 e. The Kier molecular flexibility index (Phi) is 6.44. The van der Waals surface area contributed by atoms with Crippen LogP contribution in [0.5, 0.6) is 5.75 Å². The number of piperidine rings is 2. The van der Waals surface area contributed by atoms with Gasteiger partial charge >= 0.3 is 0 Å². The Morgan fingerprint density at radius 2 is 1.62 bits per heavy atom. The summed E-state index contributed by atoms with van der Waals surface area (Å²) in [5.74, 6) is 3.33. The smallest absolute Gasteiger partial charge is 0.229 e. The lowest BCUT2D eigenvalue weighted by Crippen LogP contribution is -2.33. The molecule has 0 saturated carbocycles. The predicted molar refractivity (Wildman–Crippen MR) is 118 cm³/mol. The Balaban J connectivity index is 1.56. The van der Waals surface area contributed by atoms with Crippen molar-refractivity contribution < 1.29 is 4.74 Å². The lowest BCUT2D eigenvalue weighted by Gasteiger charge is -2.31. The zero-order valence-electron chi connectivity index (χ0n) is 17.2. The minimum atomic E-state index is 0.729. The summed E-state index contributed by atoms with van der Waals surface area (Å²) in [5, 5.41) is 4.41. The van der Waals surface area contributed by atoms with Crippen LogP contribution < -0.4 is 20.0 Å². The van der Waals surface area contributed by atoms with E-state index in [0.29, 0.717) is 0 Å². The number of nitrogens with zero attached hydrogens (tertiary/aromatic N) is 5. The Labute approximate surface area is 172 Å². The lowest BCUT2D eigenvalue weighted by atomic mass is 10.1. The summed E-state index contributed by atoms with van der Waals surface area (Å²) in [5.41, 5.74) is 4.03. The van der Waals surface area contributed by atoms with Crippen LogP contribution in [-0.4, -0.2) is 49.5 Å². The molecule has 2 saturated heterocycles. The Morgan fingerprint density at radius 1 is 0.931 bits per heavy atom. The maximum Gasteiger partial charge on any atom is 0.229 e. The average molecular weight is 395 g/mol. The molecule has 7 nitrogen and oxygen atoms in total. The molecule has 154 valence electrons. The molecule has 0 aliphatic carbocycles. The number of para-hydroxylation sites is 1. The van der Waals surface area contributed by atoms with Crippen LogP contribution >= 0.6 is 0 Å². The van der Waals surface area contributed by atoms with Crippen LogP contribution in [0.1, 0.15) is 44.1 Å². The van der Waals surface area contributed by atoms with Crippen molar-refractivity contribution in [3.05, 3.63) is 35.9 Å². The fourth-order valence-electron chi connectivity index (χ4n) is 3.94. The van der Waals surface area contributed by atoms with Gasteiger partial charge in [0.15, 0.2) is 5.82 Å². The van der Waals surface area contributed by atoms with Crippen molar-refractivity contribution in [2.45, 2.75) is 38.5 Å². The van der Waals surface area contributed by atoms with Crippen LogP contribution in [0.4, 0.5) is 17.6 Å². The van der Waals surface area contributed by atoms with E-state index in [1.165, 1.54) is 38.5 Å². The Morgan fingerprint density at radius 3 is 2.34 bits per heavy atom. The molecular weight excluding hydrogens is 364 g/mol. The average Bonchev–Trinajstić information content (AvgIpc) is 2.80. The van der Waals surface area contributed by atoms with Crippen LogP contribution in [0, 0.1) is 0 Å². The zero-order chi connectivity index (χ0) is 19.9. The normalized spacial score (nSPS) is 17.6. The van der Waals surface area contributed by atoms with E-state index in [0.717, 1.165) is 55.1 Å². The minimum Gasteiger partial charge on any atom is -0.496 e. The van der Waals surface area contributed by atoms with Gasteiger partial charge in [-0.1, -0.05) is 12.1 Å². The minimum absolute atomic E-state index is 0.729. The molecule has 0 amide bonds. The lowest BCUT2D eigenvalue weighted by molar-refractivity contribution is 0.414. The van der Waals surface area contributed by atoms with Crippen LogP contribution in [0.2, 0.25) is 0 Å². The monoisotopic (exact) mass is 394 g/mol. The van der Waals surface area contributed by atoms with Crippen molar-refractivity contribution in [2.75, 3.05) is 48.5 Å². The Hall–Kier alpha value is -2.83. The molecule has 4 rings (SSSR count). The van der Waals surface area contributed by atoms with Crippen molar-refractivity contribution in [1.82, 2.24) is 9.97 Å². The quantitative estimate of drug-likeness (QED) is 0.592. The van der Waals surface area contributed by atoms with Gasteiger partial charge < -0.3 is 14.5 Å². The van der Waals surface area contributed by atoms with Crippen molar-refractivity contribution in [3.8, 4) is 5.75 Å². The SMILES string of the molecule is COc1ccccc1C=NNc1cc(N2CCCCC2)nc(N2CCCCC2)n1. The van der Waals surface area contributed by atoms with Crippen LogP contribution in [0.3, 0.4) is 0 Å². The molecule has 1 N–H and O–H groups in total. The molecular formula is C22H30N6O. The van der Waals surface area contributed by atoms with Gasteiger partial charge in [-0.2, -0.15) is 15.1 Å². The maximum atomic E-state index is 5.39. The molecule has 3 heterocycles. The summed E-state index contributed by atoms with van der Waals surface area (Å²) in [7, 11) is 1.67. The number of benzene rings is 1. The van der Waals surface area contributed by atoms with Gasteiger partial charge in [-0.05, 0) is 50.7 Å². The first-order chi connectivity index (χ1) is 14.3. The van der Waals surface area contributed by atoms with E-state index < -0.39 is 0 Å². The third-order valence-corrected chi connectivity index (χ3v) is 5.54. The van der Waals surface area contributed by atoms with Crippen molar-refractivity contribution >= 4 is 23.8 Å². The van der Waals surface area contributed by atoms with Gasteiger partial charge in [0.25, 0.3) is 0 Å². The molecule has 0 radical (unpaired) electrons. The van der Waals surface area contributed by atoms with E-state index in [9.17, 15) is 0 Å². The third kappa shape index (κ3) is 4.96. The van der Waals surface area contributed by atoms with E-state index in [1.807, 2.05) is 30.3 Å². The molecule has 0 unspecified atom stereocenters. The van der Waals surface area contributed by atoms with E-state index >= 15 is 0 Å². The van der Waals surface area contributed by atoms with E-state index in [1.54, 1.807) is 13.3 Å². The van der Waals surface area contributed by atoms with Gasteiger partial charge in [0.05, 0.1) is 13.3 Å². The summed E-state index contributed by atoms with van der Waals surface area (Å²) in [6.07, 6.45) is 9.20. The fourth-order valence-corrected chi connectivity index (χ4v) is 3.94. The van der Waals surface area contributed by atoms with Gasteiger partial charge in [-0.25, -0.2) is 0 Å². The molecule has 2 aliphatic heterocycles. The number of hydrazone groups is 1. The van der Waals surface area contributed by atoms with Crippen LogP contribution in [0.25, 0.3) is 0 Å². The second-order valence-electron chi connectivity index (χ2n) is 7.62. The number of anilines is 3. The molecule has 1 aromatic heterocycles. The highest BCUT2D eigenvalue weighted by molar-refractivity contribution is 5.83. The highest BCUT2D eigenvalue weighted by Crippen LogP contribution is 2.25. The van der Waals surface area contributed by atoms with Crippen LogP contribution in [-0.2, 0) is 0 Å². The summed E-state index contributed by atoms with van der Waals surface area (Å²) in [6.45, 7) is 4.15. The number of rotatable bonds is 6. The first kappa shape index (κ1) is 19.5. The number of nitrogens with one attached hydrogen (secondary N) is 1. The first-order valence-electron chi connectivity index (χ1n) is 10.6. The van der Waals surface area contributed by atoms with Gasteiger partial charge in [0, 0.05) is 37.8 Å². The number of hydrogen-bond acceptors (Lipinski definition) is 7. The standard InChI is InChI=1S/C22H30N6O/c1-29-19-11-5-4-10-18(19)17-23-26-20-16-21(27-12-6-2-7-13-27)25-22(24-20)28-14-8-3-9-15-28/h4-5,10-11,16-17H,2-3,6-9,12-15H2,1H3,(H,24,25,26). The zero-order valence-corrected chi connectivity index (χ0v) is 17.2. The van der Waals surface area contributed by atoms with Crippen molar-refractivity contribution in [1.29, 1.82) is 0 Å². The molecule has 0 bridgehead atoms. The van der Waals surface area contributed by atoms with Crippen LogP contribution in [0.15, 0.2) is 35.4 Å². The molecule has 2 fully saturated rings. The van der Waals surface area contributed by atoms with Gasteiger partial charge in [0.2, 0.25) is 5.95 Å². The van der Waals surface area contributed by atoms with E-state index in [4.69, 9.17) is 14.7 Å². The van der Waals surface area contributed by atoms with E-state index in [2.05, 4.69) is 20.3 Å². The molecule has 0 atom stereocenters. The number of hydrogen-bond donors (Lipinski definition) is 1. The first-order valence-corrected chi connectivity index (χ1v) is 10.6. The summed E-state index contributed by atoms with van der Waals surface area (Å²) >= 11 is 0. The highest BCUT2D eigenvalue weighted by atomic mass is 16.5. The van der Waals surface area contributed by atoms with Gasteiger partial charge in [-0.15, -0.1) is 0 Å².